The number of hydrogen-bond acceptors (Lipinski definition) is 2. The van der Waals surface area contributed by atoms with E-state index in [4.69, 9.17) is 4.74 Å². The molecule has 0 amide bonds. The maximum absolute atomic E-state index is 5.67. The van der Waals surface area contributed by atoms with E-state index in [2.05, 4.69) is 36.3 Å². The van der Waals surface area contributed by atoms with Crippen molar-refractivity contribution in [2.45, 2.75) is 32.7 Å². The molecule has 0 bridgehead atoms. The fourth-order valence-electron chi connectivity index (χ4n) is 1.88. The van der Waals surface area contributed by atoms with E-state index in [1.165, 1.54) is 5.56 Å². The molecule has 0 aliphatic rings. The lowest BCUT2D eigenvalue weighted by atomic mass is 10.1. The molecule has 0 aliphatic carbocycles. The van der Waals surface area contributed by atoms with Crippen LogP contribution >= 0.6 is 0 Å². The van der Waals surface area contributed by atoms with Crippen LogP contribution < -0.4 is 4.74 Å². The number of rotatable bonds is 7. The van der Waals surface area contributed by atoms with Crippen LogP contribution in [0.5, 0.6) is 5.75 Å². The van der Waals surface area contributed by atoms with E-state index in [1.54, 1.807) is 6.20 Å². The Morgan fingerprint density at radius 1 is 1.22 bits per heavy atom. The van der Waals surface area contributed by atoms with Gasteiger partial charge in [-0.1, -0.05) is 37.3 Å². The van der Waals surface area contributed by atoms with Crippen LogP contribution in [0.1, 0.15) is 25.3 Å². The highest BCUT2D eigenvalue weighted by Gasteiger charge is 1.99. The summed E-state index contributed by atoms with van der Waals surface area (Å²) in [7, 11) is 0. The highest BCUT2D eigenvalue weighted by atomic mass is 16.5. The first-order chi connectivity index (χ1) is 8.88. The van der Waals surface area contributed by atoms with E-state index in [9.17, 15) is 0 Å². The molecule has 1 aromatic carbocycles. The quantitative estimate of drug-likeness (QED) is 0.699. The molecule has 96 valence electrons. The first kappa shape index (κ1) is 12.7. The Bertz CT molecular complexity index is 451. The Hall–Kier alpha value is -1.77. The van der Waals surface area contributed by atoms with Crippen LogP contribution in [0, 0.1) is 0 Å². The summed E-state index contributed by atoms with van der Waals surface area (Å²) in [5, 5.41) is 4.23. The Kier molecular flexibility index (Phi) is 4.82. The van der Waals surface area contributed by atoms with Gasteiger partial charge in [-0.25, -0.2) is 0 Å². The third-order valence-electron chi connectivity index (χ3n) is 2.78. The zero-order valence-corrected chi connectivity index (χ0v) is 10.9. The van der Waals surface area contributed by atoms with Gasteiger partial charge in [0.1, 0.15) is 0 Å². The Labute approximate surface area is 108 Å². The summed E-state index contributed by atoms with van der Waals surface area (Å²) >= 11 is 0. The minimum Gasteiger partial charge on any atom is -0.490 e. The highest BCUT2D eigenvalue weighted by Crippen LogP contribution is 2.10. The SMILES string of the molecule is CCCn1cc(OCCCc2ccccc2)cn1. The molecule has 0 saturated carbocycles. The van der Waals surface area contributed by atoms with Crippen molar-refractivity contribution >= 4 is 0 Å². The van der Waals surface area contributed by atoms with Gasteiger partial charge in [-0.2, -0.15) is 5.10 Å². The lowest BCUT2D eigenvalue weighted by Gasteiger charge is -2.03. The van der Waals surface area contributed by atoms with Crippen molar-refractivity contribution < 1.29 is 4.74 Å². The minimum absolute atomic E-state index is 0.743. The third kappa shape index (κ3) is 3.91. The minimum atomic E-state index is 0.743. The van der Waals surface area contributed by atoms with Gasteiger partial charge in [0.25, 0.3) is 0 Å². The molecule has 0 spiro atoms. The molecular formula is C15H20N2O. The normalized spacial score (nSPS) is 10.5. The molecule has 0 aliphatic heterocycles. The second-order valence-corrected chi connectivity index (χ2v) is 4.38. The first-order valence-electron chi connectivity index (χ1n) is 6.57. The molecule has 2 aromatic rings. The number of benzene rings is 1. The van der Waals surface area contributed by atoms with E-state index in [0.29, 0.717) is 0 Å². The summed E-state index contributed by atoms with van der Waals surface area (Å²) in [4.78, 5) is 0. The van der Waals surface area contributed by atoms with Crippen molar-refractivity contribution in [3.05, 3.63) is 48.3 Å². The zero-order chi connectivity index (χ0) is 12.6. The third-order valence-corrected chi connectivity index (χ3v) is 2.78. The van der Waals surface area contributed by atoms with Crippen LogP contribution in [-0.4, -0.2) is 16.4 Å². The fourth-order valence-corrected chi connectivity index (χ4v) is 1.88. The molecule has 0 radical (unpaired) electrons. The smallest absolute Gasteiger partial charge is 0.157 e. The standard InChI is InChI=1S/C15H20N2O/c1-2-10-17-13-15(12-16-17)18-11-6-9-14-7-4-3-5-8-14/h3-5,7-8,12-13H,2,6,9-11H2,1H3. The summed E-state index contributed by atoms with van der Waals surface area (Å²) in [6.07, 6.45) is 6.94. The van der Waals surface area contributed by atoms with Crippen LogP contribution in [0.3, 0.4) is 0 Å². The maximum atomic E-state index is 5.67. The molecule has 1 heterocycles. The van der Waals surface area contributed by atoms with Gasteiger partial charge < -0.3 is 4.74 Å². The summed E-state index contributed by atoms with van der Waals surface area (Å²) in [5.41, 5.74) is 1.36. The summed E-state index contributed by atoms with van der Waals surface area (Å²) in [6.45, 7) is 3.84. The molecule has 0 saturated heterocycles. The number of hydrogen-bond donors (Lipinski definition) is 0. The number of ether oxygens (including phenoxy) is 1. The molecule has 0 N–H and O–H groups in total. The van der Waals surface area contributed by atoms with Gasteiger partial charge in [0.15, 0.2) is 5.75 Å². The van der Waals surface area contributed by atoms with Crippen LogP contribution in [0.4, 0.5) is 0 Å². The molecule has 2 rings (SSSR count). The molecular weight excluding hydrogens is 224 g/mol. The fraction of sp³-hybridized carbons (Fsp3) is 0.400. The van der Waals surface area contributed by atoms with E-state index in [1.807, 2.05) is 16.9 Å². The monoisotopic (exact) mass is 244 g/mol. The topological polar surface area (TPSA) is 27.1 Å². The Morgan fingerprint density at radius 3 is 2.83 bits per heavy atom. The average molecular weight is 244 g/mol. The van der Waals surface area contributed by atoms with Crippen molar-refractivity contribution in [3.63, 3.8) is 0 Å². The van der Waals surface area contributed by atoms with Crippen molar-refractivity contribution in [1.82, 2.24) is 9.78 Å². The van der Waals surface area contributed by atoms with E-state index < -0.39 is 0 Å². The van der Waals surface area contributed by atoms with E-state index in [0.717, 1.165) is 38.2 Å². The van der Waals surface area contributed by atoms with Crippen molar-refractivity contribution in [3.8, 4) is 5.75 Å². The predicted octanol–water partition coefficient (Wildman–Crippen LogP) is 3.30. The van der Waals surface area contributed by atoms with Gasteiger partial charge in [-0.05, 0) is 24.8 Å². The lowest BCUT2D eigenvalue weighted by molar-refractivity contribution is 0.310. The zero-order valence-electron chi connectivity index (χ0n) is 10.9. The molecule has 0 fully saturated rings. The van der Waals surface area contributed by atoms with Crippen LogP contribution in [0.2, 0.25) is 0 Å². The van der Waals surface area contributed by atoms with Gasteiger partial charge in [-0.3, -0.25) is 4.68 Å². The Balaban J connectivity index is 1.68. The molecule has 3 heteroatoms. The summed E-state index contributed by atoms with van der Waals surface area (Å²) < 4.78 is 7.59. The molecule has 0 unspecified atom stereocenters. The lowest BCUT2D eigenvalue weighted by Crippen LogP contribution is -1.99. The number of nitrogens with zero attached hydrogens (tertiary/aromatic N) is 2. The molecule has 18 heavy (non-hydrogen) atoms. The molecule has 1 aromatic heterocycles. The van der Waals surface area contributed by atoms with Crippen LogP contribution in [-0.2, 0) is 13.0 Å². The van der Waals surface area contributed by atoms with Crippen LogP contribution in [0.25, 0.3) is 0 Å². The number of aryl methyl sites for hydroxylation is 2. The highest BCUT2D eigenvalue weighted by molar-refractivity contribution is 5.15. The molecule has 0 atom stereocenters. The van der Waals surface area contributed by atoms with Crippen molar-refractivity contribution in [2.75, 3.05) is 6.61 Å². The summed E-state index contributed by atoms with van der Waals surface area (Å²) in [5.74, 6) is 0.872. The maximum Gasteiger partial charge on any atom is 0.157 e. The Morgan fingerprint density at radius 2 is 2.06 bits per heavy atom. The van der Waals surface area contributed by atoms with Crippen molar-refractivity contribution in [2.24, 2.45) is 0 Å². The molecule has 3 nitrogen and oxygen atoms in total. The van der Waals surface area contributed by atoms with Gasteiger partial charge in [0.05, 0.1) is 19.0 Å². The average Bonchev–Trinajstić information content (AvgIpc) is 2.84. The summed E-state index contributed by atoms with van der Waals surface area (Å²) in [6, 6.07) is 10.5. The van der Waals surface area contributed by atoms with E-state index >= 15 is 0 Å². The van der Waals surface area contributed by atoms with Crippen LogP contribution in [0.15, 0.2) is 42.7 Å². The van der Waals surface area contributed by atoms with Gasteiger partial charge >= 0.3 is 0 Å². The number of aromatic nitrogens is 2. The van der Waals surface area contributed by atoms with Crippen molar-refractivity contribution in [1.29, 1.82) is 0 Å². The first-order valence-corrected chi connectivity index (χ1v) is 6.57. The van der Waals surface area contributed by atoms with Gasteiger partial charge in [-0.15, -0.1) is 0 Å². The van der Waals surface area contributed by atoms with E-state index in [-0.39, 0.29) is 0 Å². The largest absolute Gasteiger partial charge is 0.490 e. The van der Waals surface area contributed by atoms with Gasteiger partial charge in [0.2, 0.25) is 0 Å². The van der Waals surface area contributed by atoms with Gasteiger partial charge in [0, 0.05) is 6.54 Å². The second-order valence-electron chi connectivity index (χ2n) is 4.38. The predicted molar refractivity (Wildman–Crippen MR) is 72.8 cm³/mol. The second kappa shape index (κ2) is 6.84.